The third kappa shape index (κ3) is 3.22. The molecule has 1 unspecified atom stereocenters. The average molecular weight is 330 g/mol. The van der Waals surface area contributed by atoms with E-state index in [4.69, 9.17) is 4.74 Å². The topological polar surface area (TPSA) is 32.8 Å². The molecule has 2 saturated heterocycles. The van der Waals surface area contributed by atoms with E-state index in [1.165, 1.54) is 5.56 Å². The summed E-state index contributed by atoms with van der Waals surface area (Å²) in [7, 11) is 0. The van der Waals surface area contributed by atoms with Gasteiger partial charge in [-0.2, -0.15) is 0 Å². The summed E-state index contributed by atoms with van der Waals surface area (Å²) in [6.07, 6.45) is 2.18. The highest BCUT2D eigenvalue weighted by atomic mass is 16.5. The van der Waals surface area contributed by atoms with E-state index in [-0.39, 0.29) is 12.5 Å². The molecular formula is C20H30N2O2. The summed E-state index contributed by atoms with van der Waals surface area (Å²) >= 11 is 0. The van der Waals surface area contributed by atoms with Gasteiger partial charge in [0.1, 0.15) is 6.61 Å². The minimum absolute atomic E-state index is 0.142. The fraction of sp³-hybridized carbons (Fsp3) is 0.650. The Bertz CT molecular complexity index is 550. The second-order valence-electron chi connectivity index (χ2n) is 7.46. The summed E-state index contributed by atoms with van der Waals surface area (Å²) < 4.78 is 5.28. The molecule has 1 aromatic rings. The molecule has 3 rings (SSSR count). The van der Waals surface area contributed by atoms with Gasteiger partial charge < -0.3 is 9.64 Å². The number of hydrogen-bond acceptors (Lipinski definition) is 3. The van der Waals surface area contributed by atoms with Crippen LogP contribution in [0.1, 0.15) is 45.2 Å². The molecule has 24 heavy (non-hydrogen) atoms. The van der Waals surface area contributed by atoms with Crippen LogP contribution in [0.3, 0.4) is 0 Å². The molecule has 132 valence electrons. The van der Waals surface area contributed by atoms with Crippen molar-refractivity contribution in [2.45, 2.75) is 45.7 Å². The summed E-state index contributed by atoms with van der Waals surface area (Å²) in [5.74, 6) is 0.142. The maximum absolute atomic E-state index is 12.2. The first-order chi connectivity index (χ1) is 11.6. The Morgan fingerprint density at radius 3 is 2.50 bits per heavy atom. The number of ether oxygens (including phenoxy) is 1. The maximum atomic E-state index is 12.2. The summed E-state index contributed by atoms with van der Waals surface area (Å²) in [6.45, 7) is 10.2. The lowest BCUT2D eigenvalue weighted by Crippen LogP contribution is -2.64. The molecule has 2 aliphatic heterocycles. The second-order valence-corrected chi connectivity index (χ2v) is 7.46. The Kier molecular flexibility index (Phi) is 5.26. The van der Waals surface area contributed by atoms with Crippen LogP contribution in [0.4, 0.5) is 0 Å². The molecule has 1 spiro atoms. The zero-order valence-corrected chi connectivity index (χ0v) is 15.2. The summed E-state index contributed by atoms with van der Waals surface area (Å²) in [4.78, 5) is 16.8. The fourth-order valence-corrected chi connectivity index (χ4v) is 4.36. The van der Waals surface area contributed by atoms with E-state index in [1.54, 1.807) is 0 Å². The SMILES string of the molecule is CCOCC(=O)N1CCC2(CC1)CN(C(C)C)C2c1ccccc1. The maximum Gasteiger partial charge on any atom is 0.248 e. The monoisotopic (exact) mass is 330 g/mol. The molecular weight excluding hydrogens is 300 g/mol. The van der Waals surface area contributed by atoms with Gasteiger partial charge in [0.2, 0.25) is 5.91 Å². The second kappa shape index (κ2) is 7.24. The minimum Gasteiger partial charge on any atom is -0.372 e. The molecule has 4 heteroatoms. The van der Waals surface area contributed by atoms with Gasteiger partial charge in [-0.1, -0.05) is 30.3 Å². The van der Waals surface area contributed by atoms with E-state index < -0.39 is 0 Å². The van der Waals surface area contributed by atoms with Crippen molar-refractivity contribution in [3.8, 4) is 0 Å². The minimum atomic E-state index is 0.142. The first kappa shape index (κ1) is 17.4. The van der Waals surface area contributed by atoms with Crippen LogP contribution in [-0.2, 0) is 9.53 Å². The van der Waals surface area contributed by atoms with Crippen LogP contribution in [0.5, 0.6) is 0 Å². The fourth-order valence-electron chi connectivity index (χ4n) is 4.36. The number of benzene rings is 1. The van der Waals surface area contributed by atoms with Gasteiger partial charge in [0.25, 0.3) is 0 Å². The quantitative estimate of drug-likeness (QED) is 0.832. The lowest BCUT2D eigenvalue weighted by atomic mass is 9.62. The van der Waals surface area contributed by atoms with Crippen LogP contribution in [0.25, 0.3) is 0 Å². The van der Waals surface area contributed by atoms with Crippen LogP contribution in [0, 0.1) is 5.41 Å². The molecule has 1 atom stereocenters. The van der Waals surface area contributed by atoms with Crippen LogP contribution >= 0.6 is 0 Å². The van der Waals surface area contributed by atoms with Crippen molar-refractivity contribution in [3.05, 3.63) is 35.9 Å². The smallest absolute Gasteiger partial charge is 0.248 e. The molecule has 0 saturated carbocycles. The number of carbonyl (C=O) groups excluding carboxylic acids is 1. The third-order valence-corrected chi connectivity index (χ3v) is 5.73. The molecule has 0 radical (unpaired) electrons. The lowest BCUT2D eigenvalue weighted by molar-refractivity contribution is -0.151. The van der Waals surface area contributed by atoms with E-state index in [2.05, 4.69) is 49.1 Å². The summed E-state index contributed by atoms with van der Waals surface area (Å²) in [5.41, 5.74) is 1.75. The number of carbonyl (C=O) groups is 1. The van der Waals surface area contributed by atoms with Crippen LogP contribution in [0.2, 0.25) is 0 Å². The zero-order chi connectivity index (χ0) is 17.2. The predicted molar refractivity (Wildman–Crippen MR) is 95.8 cm³/mol. The molecule has 2 aliphatic rings. The Balaban J connectivity index is 1.69. The number of amides is 1. The first-order valence-corrected chi connectivity index (χ1v) is 9.23. The van der Waals surface area contributed by atoms with E-state index in [0.29, 0.717) is 24.1 Å². The summed E-state index contributed by atoms with van der Waals surface area (Å²) in [6, 6.07) is 11.9. The highest BCUT2D eigenvalue weighted by molar-refractivity contribution is 5.77. The first-order valence-electron chi connectivity index (χ1n) is 9.23. The molecule has 1 amide bonds. The van der Waals surface area contributed by atoms with Crippen molar-refractivity contribution in [3.63, 3.8) is 0 Å². The highest BCUT2D eigenvalue weighted by Crippen LogP contribution is 2.55. The number of rotatable bonds is 5. The standard InChI is InChI=1S/C20H30N2O2/c1-4-24-14-18(23)21-12-10-20(11-13-21)15-22(16(2)3)19(20)17-8-6-5-7-9-17/h5-9,16,19H,4,10-15H2,1-3H3. The largest absolute Gasteiger partial charge is 0.372 e. The molecule has 0 N–H and O–H groups in total. The molecule has 0 aromatic heterocycles. The average Bonchev–Trinajstić information content (AvgIpc) is 2.58. The molecule has 1 aromatic carbocycles. The van der Waals surface area contributed by atoms with Gasteiger partial charge in [-0.3, -0.25) is 9.69 Å². The predicted octanol–water partition coefficient (Wildman–Crippen LogP) is 3.10. The van der Waals surface area contributed by atoms with Gasteiger partial charge in [-0.15, -0.1) is 0 Å². The van der Waals surface area contributed by atoms with Gasteiger partial charge in [0, 0.05) is 43.7 Å². The van der Waals surface area contributed by atoms with Gasteiger partial charge in [-0.05, 0) is 39.2 Å². The Hall–Kier alpha value is -1.39. The normalized spacial score (nSPS) is 23.5. The van der Waals surface area contributed by atoms with E-state index in [9.17, 15) is 4.79 Å². The van der Waals surface area contributed by atoms with Crippen molar-refractivity contribution < 1.29 is 9.53 Å². The third-order valence-electron chi connectivity index (χ3n) is 5.73. The highest BCUT2D eigenvalue weighted by Gasteiger charge is 2.54. The molecule has 2 fully saturated rings. The van der Waals surface area contributed by atoms with Crippen LogP contribution in [0.15, 0.2) is 30.3 Å². The van der Waals surface area contributed by atoms with E-state index in [0.717, 1.165) is 32.5 Å². The Morgan fingerprint density at radius 1 is 1.25 bits per heavy atom. The van der Waals surface area contributed by atoms with Crippen LogP contribution in [-0.4, -0.2) is 54.6 Å². The lowest BCUT2D eigenvalue weighted by Gasteiger charge is -2.62. The van der Waals surface area contributed by atoms with E-state index >= 15 is 0 Å². The van der Waals surface area contributed by atoms with Crippen molar-refractivity contribution in [2.24, 2.45) is 5.41 Å². The van der Waals surface area contributed by atoms with Crippen molar-refractivity contribution in [2.75, 3.05) is 32.8 Å². The Morgan fingerprint density at radius 2 is 1.92 bits per heavy atom. The van der Waals surface area contributed by atoms with Gasteiger partial charge in [0.15, 0.2) is 0 Å². The van der Waals surface area contributed by atoms with Gasteiger partial charge in [0.05, 0.1) is 0 Å². The van der Waals surface area contributed by atoms with Crippen molar-refractivity contribution in [1.29, 1.82) is 0 Å². The van der Waals surface area contributed by atoms with E-state index in [1.807, 2.05) is 11.8 Å². The van der Waals surface area contributed by atoms with Gasteiger partial charge >= 0.3 is 0 Å². The Labute approximate surface area is 145 Å². The zero-order valence-electron chi connectivity index (χ0n) is 15.2. The molecule has 2 heterocycles. The van der Waals surface area contributed by atoms with Crippen molar-refractivity contribution in [1.82, 2.24) is 9.80 Å². The number of piperidine rings is 1. The van der Waals surface area contributed by atoms with Crippen molar-refractivity contribution >= 4 is 5.91 Å². The van der Waals surface area contributed by atoms with Crippen LogP contribution < -0.4 is 0 Å². The number of nitrogens with zero attached hydrogens (tertiary/aromatic N) is 2. The number of hydrogen-bond donors (Lipinski definition) is 0. The molecule has 0 bridgehead atoms. The van der Waals surface area contributed by atoms with Gasteiger partial charge in [-0.25, -0.2) is 0 Å². The molecule has 4 nitrogen and oxygen atoms in total. The number of likely N-dealkylation sites (tertiary alicyclic amines) is 2. The molecule has 0 aliphatic carbocycles. The summed E-state index contributed by atoms with van der Waals surface area (Å²) in [5, 5.41) is 0.